The van der Waals surface area contributed by atoms with Gasteiger partial charge in [-0.3, -0.25) is 9.58 Å². The number of anilines is 2. The molecule has 0 bridgehead atoms. The molecule has 3 aromatic heterocycles. The minimum Gasteiger partial charge on any atom is -0.487 e. The molecule has 0 radical (unpaired) electrons. The summed E-state index contributed by atoms with van der Waals surface area (Å²) in [4.78, 5) is 11.8. The zero-order valence-corrected chi connectivity index (χ0v) is 28.2. The Morgan fingerprint density at radius 1 is 1.04 bits per heavy atom. The molecule has 258 valence electrons. The summed E-state index contributed by atoms with van der Waals surface area (Å²) in [7, 11) is 0. The van der Waals surface area contributed by atoms with Gasteiger partial charge in [-0.1, -0.05) is 6.07 Å². The molecule has 1 unspecified atom stereocenters. The summed E-state index contributed by atoms with van der Waals surface area (Å²) >= 11 is 0. The summed E-state index contributed by atoms with van der Waals surface area (Å²) in [5.74, 6) is 1.81. The van der Waals surface area contributed by atoms with Crippen LogP contribution in [-0.2, 0) is 16.0 Å². The molecule has 1 saturated carbocycles. The minimum absolute atomic E-state index is 0.268. The van der Waals surface area contributed by atoms with Crippen LogP contribution in [0.4, 0.5) is 11.6 Å². The summed E-state index contributed by atoms with van der Waals surface area (Å²) in [6, 6.07) is 8.51. The van der Waals surface area contributed by atoms with Gasteiger partial charge in [0.1, 0.15) is 29.9 Å². The zero-order valence-electron chi connectivity index (χ0n) is 28.2. The summed E-state index contributed by atoms with van der Waals surface area (Å²) in [6.45, 7) is 10.6. The fraction of sp³-hybridized carbons (Fsp3) is 0.559. The van der Waals surface area contributed by atoms with E-state index in [4.69, 9.17) is 24.0 Å². The van der Waals surface area contributed by atoms with Gasteiger partial charge < -0.3 is 24.3 Å². The predicted octanol–water partition coefficient (Wildman–Crippen LogP) is 4.03. The van der Waals surface area contributed by atoms with Crippen LogP contribution in [0.15, 0.2) is 43.1 Å². The van der Waals surface area contributed by atoms with Crippen molar-refractivity contribution in [3.05, 3.63) is 48.7 Å². The zero-order chi connectivity index (χ0) is 33.7. The Kier molecular flexibility index (Phi) is 9.97. The molecule has 1 aliphatic carbocycles. The number of ether oxygens (including phenoxy) is 4. The number of aromatic nitrogens is 8. The molecule has 2 aliphatic heterocycles. The van der Waals surface area contributed by atoms with Crippen LogP contribution < -0.4 is 14.8 Å². The first-order valence-corrected chi connectivity index (χ1v) is 17.1. The number of rotatable bonds is 12. The molecule has 15 heteroatoms. The van der Waals surface area contributed by atoms with Crippen LogP contribution in [0.25, 0.3) is 11.1 Å². The van der Waals surface area contributed by atoms with Crippen LogP contribution in [0.5, 0.6) is 11.6 Å². The summed E-state index contributed by atoms with van der Waals surface area (Å²) in [5.41, 5.74) is 2.78. The summed E-state index contributed by atoms with van der Waals surface area (Å²) in [5, 5.41) is 29.1. The molecule has 15 nitrogen and oxygen atoms in total. The van der Waals surface area contributed by atoms with Crippen LogP contribution >= 0.6 is 0 Å². The van der Waals surface area contributed by atoms with Gasteiger partial charge in [-0.05, 0) is 74.6 Å². The van der Waals surface area contributed by atoms with Gasteiger partial charge in [0.2, 0.25) is 5.95 Å². The number of nitrogens with zero attached hydrogens (tertiary/aromatic N) is 10. The first kappa shape index (κ1) is 32.9. The maximum absolute atomic E-state index is 9.67. The summed E-state index contributed by atoms with van der Waals surface area (Å²) < 4.78 is 27.3. The third kappa shape index (κ3) is 7.98. The van der Waals surface area contributed by atoms with E-state index >= 15 is 0 Å². The number of benzene rings is 1. The van der Waals surface area contributed by atoms with E-state index in [-0.39, 0.29) is 18.3 Å². The molecule has 7 rings (SSSR count). The third-order valence-electron chi connectivity index (χ3n) is 9.36. The van der Waals surface area contributed by atoms with Gasteiger partial charge in [0.15, 0.2) is 0 Å². The Balaban J connectivity index is 1.03. The minimum atomic E-state index is -0.268. The maximum atomic E-state index is 9.67. The molecule has 1 aromatic carbocycles. The Bertz CT molecular complexity index is 1700. The van der Waals surface area contributed by atoms with Crippen molar-refractivity contribution in [2.75, 3.05) is 38.2 Å². The van der Waals surface area contributed by atoms with Crippen molar-refractivity contribution >= 4 is 11.6 Å². The molecule has 49 heavy (non-hydrogen) atoms. The van der Waals surface area contributed by atoms with E-state index in [2.05, 4.69) is 60.3 Å². The number of morpholine rings is 1. The van der Waals surface area contributed by atoms with Crippen molar-refractivity contribution < 1.29 is 18.9 Å². The second-order valence-electron chi connectivity index (χ2n) is 13.4. The molecule has 0 amide bonds. The highest BCUT2D eigenvalue weighted by Gasteiger charge is 2.32. The summed E-state index contributed by atoms with van der Waals surface area (Å²) in [6.07, 6.45) is 11.7. The van der Waals surface area contributed by atoms with Gasteiger partial charge in [-0.25, -0.2) is 14.6 Å². The van der Waals surface area contributed by atoms with E-state index in [1.54, 1.807) is 23.1 Å². The Hall–Kier alpha value is -4.65. The molecule has 4 aromatic rings. The van der Waals surface area contributed by atoms with E-state index < -0.39 is 0 Å². The molecule has 1 N–H and O–H groups in total. The lowest BCUT2D eigenvalue weighted by Gasteiger charge is -2.42. The first-order chi connectivity index (χ1) is 23.9. The van der Waals surface area contributed by atoms with Gasteiger partial charge in [-0.15, -0.1) is 10.2 Å². The molecule has 0 spiro atoms. The van der Waals surface area contributed by atoms with Crippen molar-refractivity contribution in [2.24, 2.45) is 5.92 Å². The standard InChI is InChI=1S/C34H43N11O4/c1-22-14-43(15-23(2)48-22)29-6-8-30(9-7-29)45-17-31(33(40-45)47-20-25-18-46-19-25)39-34-36-12-28(13-37-34)26-4-5-27(11-35)32(10-26)49-24(3)16-44-21-38-41-42-44/h4-5,10,12-13,17,21-25,29-30H,6-9,14-16,18-20H2,1-3H3,(H,36,37,39)/t22-,23+,24?,29?,30?. The Morgan fingerprint density at radius 3 is 2.47 bits per heavy atom. The quantitative estimate of drug-likeness (QED) is 0.230. The van der Waals surface area contributed by atoms with Gasteiger partial charge in [-0.2, -0.15) is 5.26 Å². The molecule has 3 atom stereocenters. The topological polar surface area (TPSA) is 163 Å². The third-order valence-corrected chi connectivity index (χ3v) is 9.36. The van der Waals surface area contributed by atoms with E-state index in [1.807, 2.05) is 25.3 Å². The fourth-order valence-electron chi connectivity index (χ4n) is 6.87. The van der Waals surface area contributed by atoms with Gasteiger partial charge >= 0.3 is 0 Å². The highest BCUT2D eigenvalue weighted by atomic mass is 16.5. The average molecular weight is 670 g/mol. The largest absolute Gasteiger partial charge is 0.487 e. The SMILES string of the molecule is CC(Cn1cnnn1)Oc1cc(-c2cnc(Nc3cn(C4CCC(N5C[C@@H](C)O[C@@H](C)C5)CC4)nc3OCC3COC3)nc2)ccc1C#N. The Morgan fingerprint density at radius 2 is 1.80 bits per heavy atom. The van der Waals surface area contributed by atoms with Crippen molar-refractivity contribution in [2.45, 2.75) is 83.4 Å². The predicted molar refractivity (Wildman–Crippen MR) is 178 cm³/mol. The lowest BCUT2D eigenvalue weighted by atomic mass is 9.89. The molecular weight excluding hydrogens is 626 g/mol. The number of nitriles is 1. The number of hydrogen-bond acceptors (Lipinski definition) is 13. The maximum Gasteiger partial charge on any atom is 0.256 e. The number of tetrazole rings is 1. The second kappa shape index (κ2) is 14.9. The van der Waals surface area contributed by atoms with Crippen molar-refractivity contribution in [1.29, 1.82) is 5.26 Å². The van der Waals surface area contributed by atoms with Crippen LogP contribution in [-0.4, -0.2) is 102 Å². The molecule has 5 heterocycles. The van der Waals surface area contributed by atoms with Gasteiger partial charge in [0.05, 0.1) is 56.4 Å². The van der Waals surface area contributed by atoms with Crippen LogP contribution in [0.3, 0.4) is 0 Å². The molecular formula is C34H43N11O4. The highest BCUT2D eigenvalue weighted by molar-refractivity contribution is 5.67. The van der Waals surface area contributed by atoms with Crippen LogP contribution in [0.2, 0.25) is 0 Å². The fourth-order valence-corrected chi connectivity index (χ4v) is 6.87. The van der Waals surface area contributed by atoms with E-state index in [9.17, 15) is 5.26 Å². The van der Waals surface area contributed by atoms with Gasteiger partial charge in [0, 0.05) is 43.0 Å². The monoisotopic (exact) mass is 669 g/mol. The Labute approximate surface area is 285 Å². The normalized spacial score (nSPS) is 23.7. The lowest BCUT2D eigenvalue weighted by Crippen LogP contribution is -2.51. The molecule has 3 fully saturated rings. The van der Waals surface area contributed by atoms with E-state index in [0.29, 0.717) is 67.5 Å². The van der Waals surface area contributed by atoms with Gasteiger partial charge in [0.25, 0.3) is 5.88 Å². The number of hydrogen-bond donors (Lipinski definition) is 1. The number of nitrogens with one attached hydrogen (secondary N) is 1. The second-order valence-corrected chi connectivity index (χ2v) is 13.4. The lowest BCUT2D eigenvalue weighted by molar-refractivity contribution is -0.0852. The smallest absolute Gasteiger partial charge is 0.256 e. The molecule has 3 aliphatic rings. The first-order valence-electron chi connectivity index (χ1n) is 17.1. The highest BCUT2D eigenvalue weighted by Crippen LogP contribution is 2.36. The van der Waals surface area contributed by atoms with E-state index in [0.717, 1.165) is 55.6 Å². The van der Waals surface area contributed by atoms with Crippen molar-refractivity contribution in [3.8, 4) is 28.8 Å². The van der Waals surface area contributed by atoms with Crippen LogP contribution in [0, 0.1) is 17.2 Å². The van der Waals surface area contributed by atoms with E-state index in [1.165, 1.54) is 6.33 Å². The van der Waals surface area contributed by atoms with Crippen LogP contribution in [0.1, 0.15) is 58.1 Å². The van der Waals surface area contributed by atoms with Crippen molar-refractivity contribution in [1.82, 2.24) is 44.9 Å². The molecule has 2 saturated heterocycles. The van der Waals surface area contributed by atoms with Crippen molar-refractivity contribution in [3.63, 3.8) is 0 Å². The average Bonchev–Trinajstić information content (AvgIpc) is 3.74.